The number of carbonyl (C=O) groups is 1. The highest BCUT2D eigenvalue weighted by Gasteiger charge is 2.39. The number of fused-ring (bicyclic) bond motifs is 1. The van der Waals surface area contributed by atoms with Crippen LogP contribution in [0.4, 0.5) is 0 Å². The van der Waals surface area contributed by atoms with E-state index in [4.69, 9.17) is 9.15 Å². The Hall–Kier alpha value is -1.97. The molecule has 1 amide bonds. The van der Waals surface area contributed by atoms with Crippen molar-refractivity contribution in [3.63, 3.8) is 0 Å². The van der Waals surface area contributed by atoms with E-state index in [0.717, 1.165) is 23.2 Å². The predicted octanol–water partition coefficient (Wildman–Crippen LogP) is 3.27. The molecule has 1 N–H and O–H groups in total. The number of para-hydroxylation sites is 1. The zero-order valence-corrected chi connectivity index (χ0v) is 12.0. The zero-order valence-electron chi connectivity index (χ0n) is 12.0. The smallest absolute Gasteiger partial charge is 0.223 e. The molecule has 0 bridgehead atoms. The summed E-state index contributed by atoms with van der Waals surface area (Å²) in [5.41, 5.74) is 0.728. The Balaban J connectivity index is 1.81. The maximum Gasteiger partial charge on any atom is 0.223 e. The molecule has 1 aromatic heterocycles. The second kappa shape index (κ2) is 4.85. The van der Waals surface area contributed by atoms with Crippen LogP contribution in [-0.2, 0) is 4.79 Å². The molecule has 20 heavy (non-hydrogen) atoms. The maximum absolute atomic E-state index is 12.0. The Labute approximate surface area is 118 Å². The Bertz CT molecular complexity index is 646. The van der Waals surface area contributed by atoms with Gasteiger partial charge in [0.15, 0.2) is 11.3 Å². The first-order valence-electron chi connectivity index (χ1n) is 6.97. The zero-order chi connectivity index (χ0) is 14.3. The molecule has 0 spiro atoms. The summed E-state index contributed by atoms with van der Waals surface area (Å²) in [5.74, 6) is 2.28. The van der Waals surface area contributed by atoms with Crippen molar-refractivity contribution in [3.8, 4) is 5.75 Å². The van der Waals surface area contributed by atoms with Crippen LogP contribution in [0.5, 0.6) is 5.75 Å². The fourth-order valence-corrected chi connectivity index (χ4v) is 2.51. The van der Waals surface area contributed by atoms with E-state index in [1.165, 1.54) is 0 Å². The van der Waals surface area contributed by atoms with Crippen molar-refractivity contribution < 1.29 is 13.9 Å². The lowest BCUT2D eigenvalue weighted by Crippen LogP contribution is -2.28. The predicted molar refractivity (Wildman–Crippen MR) is 76.6 cm³/mol. The highest BCUT2D eigenvalue weighted by Crippen LogP contribution is 2.38. The molecule has 4 nitrogen and oxygen atoms in total. The number of methoxy groups -OCH3 is 1. The van der Waals surface area contributed by atoms with Gasteiger partial charge in [0.25, 0.3) is 0 Å². The van der Waals surface area contributed by atoms with Crippen molar-refractivity contribution in [1.82, 2.24) is 5.32 Å². The summed E-state index contributed by atoms with van der Waals surface area (Å²) in [6, 6.07) is 7.59. The summed E-state index contributed by atoms with van der Waals surface area (Å²) in [5, 5.41) is 4.00. The summed E-state index contributed by atoms with van der Waals surface area (Å²) in [6.45, 7) is 4.04. The average molecular weight is 273 g/mol. The third-order valence-electron chi connectivity index (χ3n) is 3.98. The molecule has 0 aliphatic heterocycles. The van der Waals surface area contributed by atoms with Gasteiger partial charge in [-0.15, -0.1) is 0 Å². The Morgan fingerprint density at radius 3 is 2.90 bits per heavy atom. The first-order chi connectivity index (χ1) is 9.60. The number of benzene rings is 1. The van der Waals surface area contributed by atoms with Gasteiger partial charge in [-0.3, -0.25) is 4.79 Å². The molecule has 1 saturated carbocycles. The van der Waals surface area contributed by atoms with Gasteiger partial charge in [-0.1, -0.05) is 19.1 Å². The topological polar surface area (TPSA) is 51.5 Å². The minimum absolute atomic E-state index is 0.123. The van der Waals surface area contributed by atoms with Gasteiger partial charge in [0.2, 0.25) is 5.91 Å². The summed E-state index contributed by atoms with van der Waals surface area (Å²) < 4.78 is 11.1. The lowest BCUT2D eigenvalue weighted by atomic mass is 10.2. The van der Waals surface area contributed by atoms with E-state index in [0.29, 0.717) is 11.7 Å². The van der Waals surface area contributed by atoms with Crippen molar-refractivity contribution >= 4 is 16.9 Å². The second-order valence-corrected chi connectivity index (χ2v) is 5.58. The van der Waals surface area contributed by atoms with Crippen molar-refractivity contribution in [2.24, 2.45) is 11.8 Å². The van der Waals surface area contributed by atoms with Crippen LogP contribution in [0.25, 0.3) is 11.0 Å². The third-order valence-corrected chi connectivity index (χ3v) is 3.98. The summed E-state index contributed by atoms with van der Waals surface area (Å²) in [4.78, 5) is 12.0. The van der Waals surface area contributed by atoms with Gasteiger partial charge in [0.05, 0.1) is 13.2 Å². The molecule has 4 heteroatoms. The summed E-state index contributed by atoms with van der Waals surface area (Å²) >= 11 is 0. The largest absolute Gasteiger partial charge is 0.493 e. The first kappa shape index (κ1) is 13.0. The Morgan fingerprint density at radius 2 is 2.25 bits per heavy atom. The first-order valence-corrected chi connectivity index (χ1v) is 6.97. The van der Waals surface area contributed by atoms with Gasteiger partial charge in [-0.2, -0.15) is 0 Å². The Kier molecular flexibility index (Phi) is 3.16. The summed E-state index contributed by atoms with van der Waals surface area (Å²) in [7, 11) is 1.62. The number of hydrogen-bond donors (Lipinski definition) is 1. The normalized spacial score (nSPS) is 22.6. The van der Waals surface area contributed by atoms with Crippen molar-refractivity contribution in [3.05, 3.63) is 30.0 Å². The highest BCUT2D eigenvalue weighted by molar-refractivity contribution is 5.84. The van der Waals surface area contributed by atoms with Gasteiger partial charge in [0.1, 0.15) is 5.76 Å². The lowest BCUT2D eigenvalue weighted by Gasteiger charge is -2.10. The lowest BCUT2D eigenvalue weighted by molar-refractivity contribution is -0.123. The van der Waals surface area contributed by atoms with Crippen LogP contribution < -0.4 is 10.1 Å². The molecule has 1 aromatic carbocycles. The van der Waals surface area contributed by atoms with Gasteiger partial charge in [-0.25, -0.2) is 0 Å². The van der Waals surface area contributed by atoms with Crippen LogP contribution in [-0.4, -0.2) is 13.0 Å². The maximum atomic E-state index is 12.0. The monoisotopic (exact) mass is 273 g/mol. The molecule has 106 valence electrons. The molecule has 3 rings (SSSR count). The van der Waals surface area contributed by atoms with Crippen molar-refractivity contribution in [2.45, 2.75) is 26.3 Å². The van der Waals surface area contributed by atoms with E-state index in [1.807, 2.05) is 31.2 Å². The standard InChI is InChI=1S/C16H19NO3/c1-9-7-12(9)16(18)17-10(2)14-8-11-5-4-6-13(19-3)15(11)20-14/h4-6,8-10,12H,7H2,1-3H3,(H,17,18). The molecular formula is C16H19NO3. The van der Waals surface area contributed by atoms with Gasteiger partial charge >= 0.3 is 0 Å². The number of carbonyl (C=O) groups excluding carboxylic acids is 1. The van der Waals surface area contributed by atoms with E-state index >= 15 is 0 Å². The van der Waals surface area contributed by atoms with Gasteiger partial charge in [0, 0.05) is 11.3 Å². The van der Waals surface area contributed by atoms with Crippen LogP contribution in [0.3, 0.4) is 0 Å². The van der Waals surface area contributed by atoms with E-state index in [2.05, 4.69) is 12.2 Å². The molecule has 0 radical (unpaired) electrons. The minimum atomic E-state index is -0.132. The highest BCUT2D eigenvalue weighted by atomic mass is 16.5. The number of ether oxygens (including phenoxy) is 1. The summed E-state index contributed by atoms with van der Waals surface area (Å²) in [6.07, 6.45) is 0.993. The van der Waals surface area contributed by atoms with Crippen molar-refractivity contribution in [1.29, 1.82) is 0 Å². The Morgan fingerprint density at radius 1 is 1.50 bits per heavy atom. The fourth-order valence-electron chi connectivity index (χ4n) is 2.51. The van der Waals surface area contributed by atoms with E-state index in [1.54, 1.807) is 7.11 Å². The van der Waals surface area contributed by atoms with Crippen LogP contribution in [0.2, 0.25) is 0 Å². The number of rotatable bonds is 4. The van der Waals surface area contributed by atoms with E-state index in [9.17, 15) is 4.79 Å². The molecule has 1 aliphatic rings. The number of amides is 1. The number of nitrogens with one attached hydrogen (secondary N) is 1. The fraction of sp³-hybridized carbons (Fsp3) is 0.438. The quantitative estimate of drug-likeness (QED) is 0.930. The van der Waals surface area contributed by atoms with Gasteiger partial charge < -0.3 is 14.5 Å². The molecule has 3 atom stereocenters. The van der Waals surface area contributed by atoms with Crippen LogP contribution >= 0.6 is 0 Å². The van der Waals surface area contributed by atoms with Crippen LogP contribution in [0.15, 0.2) is 28.7 Å². The number of furan rings is 1. The van der Waals surface area contributed by atoms with E-state index < -0.39 is 0 Å². The van der Waals surface area contributed by atoms with Gasteiger partial charge in [-0.05, 0) is 31.4 Å². The van der Waals surface area contributed by atoms with E-state index in [-0.39, 0.29) is 17.9 Å². The third kappa shape index (κ3) is 2.26. The van der Waals surface area contributed by atoms with Crippen LogP contribution in [0, 0.1) is 11.8 Å². The second-order valence-electron chi connectivity index (χ2n) is 5.58. The molecule has 0 saturated heterocycles. The molecule has 1 heterocycles. The molecule has 3 unspecified atom stereocenters. The molecule has 1 fully saturated rings. The van der Waals surface area contributed by atoms with Crippen molar-refractivity contribution in [2.75, 3.05) is 7.11 Å². The average Bonchev–Trinajstić information content (AvgIpc) is 3.01. The molecular weight excluding hydrogens is 254 g/mol. The number of hydrogen-bond acceptors (Lipinski definition) is 3. The van der Waals surface area contributed by atoms with Crippen LogP contribution in [0.1, 0.15) is 32.1 Å². The molecule has 1 aliphatic carbocycles. The molecule has 2 aromatic rings. The SMILES string of the molecule is COc1cccc2cc(C(C)NC(=O)C3CC3C)oc12. The minimum Gasteiger partial charge on any atom is -0.493 e.